The van der Waals surface area contributed by atoms with Gasteiger partial charge in [0.25, 0.3) is 11.6 Å². The van der Waals surface area contributed by atoms with Gasteiger partial charge in [-0.1, -0.05) is 6.07 Å². The summed E-state index contributed by atoms with van der Waals surface area (Å²) in [4.78, 5) is 26.1. The zero-order chi connectivity index (χ0) is 16.1. The number of nitrogens with zero attached hydrogens (tertiary/aromatic N) is 3. The highest BCUT2D eigenvalue weighted by Gasteiger charge is 2.21. The summed E-state index contributed by atoms with van der Waals surface area (Å²) < 4.78 is 5.15. The average Bonchev–Trinajstić information content (AvgIpc) is 2.54. The van der Waals surface area contributed by atoms with E-state index in [2.05, 4.69) is 4.98 Å². The first-order valence-electron chi connectivity index (χ1n) is 6.38. The molecule has 0 atom stereocenters. The van der Waals surface area contributed by atoms with E-state index in [9.17, 15) is 20.1 Å². The number of rotatable bonds is 5. The quantitative estimate of drug-likeness (QED) is 0.620. The summed E-state index contributed by atoms with van der Waals surface area (Å²) in [6.45, 7) is 2.05. The van der Waals surface area contributed by atoms with Crippen molar-refractivity contribution in [3.63, 3.8) is 0 Å². The number of hydroxylamine groups is 1. The average molecular weight is 302 g/mol. The number of carbonyl (C=O) groups excluding carboxylic acids is 1. The van der Waals surface area contributed by atoms with Gasteiger partial charge < -0.3 is 15.0 Å². The summed E-state index contributed by atoms with van der Waals surface area (Å²) in [5, 5.41) is 23.2. The van der Waals surface area contributed by atoms with Gasteiger partial charge >= 0.3 is 0 Å². The van der Waals surface area contributed by atoms with Gasteiger partial charge in [-0.3, -0.25) is 19.9 Å². The molecule has 114 valence electrons. The smallest absolute Gasteiger partial charge is 0.295 e. The van der Waals surface area contributed by atoms with Gasteiger partial charge in [0.05, 0.1) is 17.6 Å². The Kier molecular flexibility index (Phi) is 4.64. The number of carbonyl (C=O) groups is 1. The molecule has 0 aliphatic carbocycles. The van der Waals surface area contributed by atoms with Gasteiger partial charge in [0.15, 0.2) is 0 Å². The van der Waals surface area contributed by atoms with Gasteiger partial charge in [-0.05, 0) is 31.2 Å². The maximum atomic E-state index is 12.1. The van der Waals surface area contributed by atoms with Crippen molar-refractivity contribution in [2.75, 3.05) is 11.7 Å². The molecule has 0 N–H and O–H groups in total. The molecule has 8 nitrogen and oxygen atoms in total. The van der Waals surface area contributed by atoms with E-state index in [-0.39, 0.29) is 22.2 Å². The van der Waals surface area contributed by atoms with Crippen LogP contribution < -0.4 is 9.80 Å². The van der Waals surface area contributed by atoms with Gasteiger partial charge in [0, 0.05) is 6.20 Å². The highest BCUT2D eigenvalue weighted by molar-refractivity contribution is 6.06. The molecule has 1 aromatic carbocycles. The number of aromatic nitrogens is 1. The normalized spacial score (nSPS) is 10.1. The van der Waals surface area contributed by atoms with E-state index in [4.69, 9.17) is 4.74 Å². The maximum Gasteiger partial charge on any atom is 0.295 e. The van der Waals surface area contributed by atoms with Crippen molar-refractivity contribution in [2.24, 2.45) is 0 Å². The fourth-order valence-corrected chi connectivity index (χ4v) is 1.78. The number of benzene rings is 1. The summed E-state index contributed by atoms with van der Waals surface area (Å²) in [5.41, 5.74) is -0.977. The van der Waals surface area contributed by atoms with Gasteiger partial charge in [0.1, 0.15) is 17.1 Å². The third-order valence-corrected chi connectivity index (χ3v) is 2.74. The van der Waals surface area contributed by atoms with E-state index in [1.165, 1.54) is 24.4 Å². The largest absolute Gasteiger partial charge is 0.751 e. The Morgan fingerprint density at radius 3 is 2.73 bits per heavy atom. The lowest BCUT2D eigenvalue weighted by Crippen LogP contribution is -2.25. The van der Waals surface area contributed by atoms with Crippen LogP contribution in [0.1, 0.15) is 17.4 Å². The van der Waals surface area contributed by atoms with Crippen LogP contribution in [0.3, 0.4) is 0 Å². The van der Waals surface area contributed by atoms with Gasteiger partial charge in [-0.2, -0.15) is 0 Å². The second-order valence-electron chi connectivity index (χ2n) is 4.16. The first-order valence-corrected chi connectivity index (χ1v) is 6.38. The third kappa shape index (κ3) is 3.18. The summed E-state index contributed by atoms with van der Waals surface area (Å²) in [5.74, 6) is -0.732. The fourth-order valence-electron chi connectivity index (χ4n) is 1.78. The number of anilines is 1. The lowest BCUT2D eigenvalue weighted by atomic mass is 10.2. The van der Waals surface area contributed by atoms with Gasteiger partial charge in [-0.15, -0.1) is 0 Å². The monoisotopic (exact) mass is 302 g/mol. The zero-order valence-electron chi connectivity index (χ0n) is 11.6. The number of hydrogen-bond donors (Lipinski definition) is 0. The lowest BCUT2D eigenvalue weighted by Gasteiger charge is -2.27. The van der Waals surface area contributed by atoms with Crippen LogP contribution in [0.25, 0.3) is 0 Å². The van der Waals surface area contributed by atoms with Crippen molar-refractivity contribution >= 4 is 17.3 Å². The number of pyridine rings is 1. The van der Waals surface area contributed by atoms with Crippen molar-refractivity contribution in [3.8, 4) is 5.75 Å². The topological polar surface area (TPSA) is 109 Å². The molecule has 0 saturated carbocycles. The van der Waals surface area contributed by atoms with E-state index < -0.39 is 16.5 Å². The Balaban J connectivity index is 2.38. The van der Waals surface area contributed by atoms with Crippen molar-refractivity contribution in [1.82, 2.24) is 4.98 Å². The van der Waals surface area contributed by atoms with Crippen LogP contribution in [0.5, 0.6) is 5.75 Å². The standard InChI is InChI=1S/C14H12N3O5/c1-2-22-10-6-7-12(13(9-10)17(20)21)16(19)14(18)11-5-3-4-8-15-11/h3-9H,2H2,1H3/q-1. The number of ether oxygens (including phenoxy) is 1. The molecule has 0 bridgehead atoms. The molecule has 1 aromatic heterocycles. The molecule has 8 heteroatoms. The molecule has 2 rings (SSSR count). The summed E-state index contributed by atoms with van der Waals surface area (Å²) >= 11 is 0. The molecule has 0 fully saturated rings. The van der Waals surface area contributed by atoms with Gasteiger partial charge in [-0.25, -0.2) is 0 Å². The number of hydrogen-bond acceptors (Lipinski definition) is 6. The summed E-state index contributed by atoms with van der Waals surface area (Å²) in [6, 6.07) is 8.16. The molecule has 0 saturated heterocycles. The predicted molar refractivity (Wildman–Crippen MR) is 78.7 cm³/mol. The Labute approximate surface area is 125 Å². The van der Waals surface area contributed by atoms with E-state index in [0.717, 1.165) is 6.07 Å². The zero-order valence-corrected chi connectivity index (χ0v) is 11.6. The number of nitro benzene ring substituents is 1. The Bertz CT molecular complexity index is 690. The SMILES string of the molecule is CCOc1ccc(N([O-])C(=O)c2ccccn2)c([N+](=O)[O-])c1. The molecular weight excluding hydrogens is 290 g/mol. The summed E-state index contributed by atoms with van der Waals surface area (Å²) in [7, 11) is 0. The lowest BCUT2D eigenvalue weighted by molar-refractivity contribution is -0.384. The van der Waals surface area contributed by atoms with E-state index in [1.807, 2.05) is 0 Å². The van der Waals surface area contributed by atoms with Crippen LogP contribution in [0.15, 0.2) is 42.6 Å². The second-order valence-corrected chi connectivity index (χ2v) is 4.16. The van der Waals surface area contributed by atoms with E-state index in [1.54, 1.807) is 19.1 Å². The molecule has 1 amide bonds. The van der Waals surface area contributed by atoms with E-state index >= 15 is 0 Å². The predicted octanol–water partition coefficient (Wildman–Crippen LogP) is 2.53. The molecule has 0 aliphatic rings. The van der Waals surface area contributed by atoms with Crippen LogP contribution in [-0.2, 0) is 0 Å². The van der Waals surface area contributed by atoms with Crippen molar-refractivity contribution in [1.29, 1.82) is 0 Å². The van der Waals surface area contributed by atoms with Crippen LogP contribution in [0, 0.1) is 15.3 Å². The maximum absolute atomic E-state index is 12.1. The Morgan fingerprint density at radius 1 is 1.36 bits per heavy atom. The number of amides is 1. The third-order valence-electron chi connectivity index (χ3n) is 2.74. The molecule has 1 heterocycles. The molecule has 0 aliphatic heterocycles. The van der Waals surface area contributed by atoms with Crippen molar-refractivity contribution < 1.29 is 14.5 Å². The fraction of sp³-hybridized carbons (Fsp3) is 0.143. The minimum Gasteiger partial charge on any atom is -0.751 e. The highest BCUT2D eigenvalue weighted by Crippen LogP contribution is 2.32. The molecular formula is C14H12N3O5-. The van der Waals surface area contributed by atoms with Gasteiger partial charge in [0.2, 0.25) is 0 Å². The first kappa shape index (κ1) is 15.4. The van der Waals surface area contributed by atoms with Crippen LogP contribution in [0.4, 0.5) is 11.4 Å². The molecule has 2 aromatic rings. The minimum atomic E-state index is -0.979. The van der Waals surface area contributed by atoms with Crippen LogP contribution in [0.2, 0.25) is 0 Å². The summed E-state index contributed by atoms with van der Waals surface area (Å²) in [6.07, 6.45) is 1.35. The molecule has 0 unspecified atom stereocenters. The van der Waals surface area contributed by atoms with Crippen molar-refractivity contribution in [2.45, 2.75) is 6.92 Å². The van der Waals surface area contributed by atoms with Crippen LogP contribution >= 0.6 is 0 Å². The Hall–Kier alpha value is -3.00. The highest BCUT2D eigenvalue weighted by atomic mass is 16.6. The minimum absolute atomic E-state index is 0.0454. The molecule has 0 spiro atoms. The van der Waals surface area contributed by atoms with Crippen LogP contribution in [-0.4, -0.2) is 22.4 Å². The molecule has 0 radical (unpaired) electrons. The Morgan fingerprint density at radius 2 is 2.14 bits per heavy atom. The second kappa shape index (κ2) is 6.64. The van der Waals surface area contributed by atoms with E-state index in [0.29, 0.717) is 6.61 Å². The molecule has 22 heavy (non-hydrogen) atoms. The van der Waals surface area contributed by atoms with Crippen molar-refractivity contribution in [3.05, 3.63) is 63.6 Å². The number of nitro groups is 1. The first-order chi connectivity index (χ1) is 10.5.